The maximum absolute atomic E-state index is 11.7. The lowest BCUT2D eigenvalue weighted by Crippen LogP contribution is -2.06. The van der Waals surface area contributed by atoms with E-state index in [1.807, 2.05) is 0 Å². The first-order valence-electron chi connectivity index (χ1n) is 5.05. The highest BCUT2D eigenvalue weighted by Gasteiger charge is 2.26. The van der Waals surface area contributed by atoms with Crippen molar-refractivity contribution >= 4 is 15.8 Å². The predicted molar refractivity (Wildman–Crippen MR) is 55.1 cm³/mol. The zero-order valence-electron chi connectivity index (χ0n) is 8.55. The van der Waals surface area contributed by atoms with Crippen LogP contribution >= 0.6 is 0 Å². The summed E-state index contributed by atoms with van der Waals surface area (Å²) in [6, 6.07) is 2.36. The number of furan rings is 1. The molecule has 1 heterocycles. The lowest BCUT2D eigenvalue weighted by molar-refractivity contribution is 0.0656. The van der Waals surface area contributed by atoms with Crippen molar-refractivity contribution in [2.45, 2.75) is 24.4 Å². The quantitative estimate of drug-likeness (QED) is 0.849. The molecule has 1 aliphatic carbocycles. The third-order valence-electron chi connectivity index (χ3n) is 2.59. The number of hydrogen-bond donors (Lipinski definition) is 1. The van der Waals surface area contributed by atoms with Gasteiger partial charge in [0.2, 0.25) is 20.7 Å². The van der Waals surface area contributed by atoms with Gasteiger partial charge in [-0.15, -0.1) is 0 Å². The number of hydrogen-bond acceptors (Lipinski definition) is 4. The molecule has 0 atom stereocenters. The molecule has 5 nitrogen and oxygen atoms in total. The maximum atomic E-state index is 11.7. The summed E-state index contributed by atoms with van der Waals surface area (Å²) in [6.45, 7) is 0. The molecule has 88 valence electrons. The topological polar surface area (TPSA) is 84.6 Å². The maximum Gasteiger partial charge on any atom is 0.371 e. The Morgan fingerprint density at radius 3 is 2.62 bits per heavy atom. The Morgan fingerprint density at radius 1 is 1.44 bits per heavy atom. The van der Waals surface area contributed by atoms with E-state index in [9.17, 15) is 13.2 Å². The van der Waals surface area contributed by atoms with Gasteiger partial charge in [-0.1, -0.05) is 12.8 Å². The van der Waals surface area contributed by atoms with Crippen LogP contribution in [0.5, 0.6) is 0 Å². The van der Waals surface area contributed by atoms with E-state index >= 15 is 0 Å². The van der Waals surface area contributed by atoms with Gasteiger partial charge in [0.25, 0.3) is 0 Å². The highest BCUT2D eigenvalue weighted by Crippen LogP contribution is 2.33. The van der Waals surface area contributed by atoms with Crippen molar-refractivity contribution in [3.63, 3.8) is 0 Å². The Hall–Kier alpha value is -1.30. The van der Waals surface area contributed by atoms with Crippen LogP contribution in [-0.2, 0) is 9.84 Å². The zero-order valence-corrected chi connectivity index (χ0v) is 9.37. The van der Waals surface area contributed by atoms with E-state index in [1.165, 1.54) is 6.07 Å². The average Bonchev–Trinajstić information content (AvgIpc) is 2.89. The summed E-state index contributed by atoms with van der Waals surface area (Å²) < 4.78 is 28.2. The molecular weight excluding hydrogens is 232 g/mol. The molecule has 0 amide bonds. The fourth-order valence-electron chi connectivity index (χ4n) is 1.43. The SMILES string of the molecule is O=C(O)c1ccc(S(=O)(=O)CCC2CC2)o1. The highest BCUT2D eigenvalue weighted by atomic mass is 32.2. The van der Waals surface area contributed by atoms with E-state index in [0.29, 0.717) is 12.3 Å². The van der Waals surface area contributed by atoms with Gasteiger partial charge in [0, 0.05) is 0 Å². The van der Waals surface area contributed by atoms with Crippen molar-refractivity contribution in [1.29, 1.82) is 0 Å². The second kappa shape index (κ2) is 3.93. The van der Waals surface area contributed by atoms with Crippen molar-refractivity contribution < 1.29 is 22.7 Å². The van der Waals surface area contributed by atoms with Crippen molar-refractivity contribution in [2.24, 2.45) is 5.92 Å². The molecule has 1 N–H and O–H groups in total. The largest absolute Gasteiger partial charge is 0.475 e. The third-order valence-corrected chi connectivity index (χ3v) is 4.20. The molecule has 0 unspecified atom stereocenters. The Kier molecular flexibility index (Phi) is 2.75. The third kappa shape index (κ3) is 2.44. The van der Waals surface area contributed by atoms with Gasteiger partial charge in [-0.05, 0) is 24.5 Å². The molecule has 0 bridgehead atoms. The average molecular weight is 244 g/mol. The summed E-state index contributed by atoms with van der Waals surface area (Å²) in [4.78, 5) is 10.5. The van der Waals surface area contributed by atoms with E-state index in [2.05, 4.69) is 0 Å². The first-order chi connectivity index (χ1) is 7.49. The summed E-state index contributed by atoms with van der Waals surface area (Å²) >= 11 is 0. The Bertz CT molecular complexity index is 495. The molecule has 0 spiro atoms. The molecule has 0 aromatic carbocycles. The van der Waals surface area contributed by atoms with Crippen LogP contribution in [0.25, 0.3) is 0 Å². The van der Waals surface area contributed by atoms with Crippen LogP contribution < -0.4 is 0 Å². The Morgan fingerprint density at radius 2 is 2.12 bits per heavy atom. The van der Waals surface area contributed by atoms with Crippen LogP contribution in [0.4, 0.5) is 0 Å². The smallest absolute Gasteiger partial charge is 0.371 e. The van der Waals surface area contributed by atoms with Crippen LogP contribution in [0.3, 0.4) is 0 Å². The molecule has 0 saturated heterocycles. The Balaban J connectivity index is 2.10. The van der Waals surface area contributed by atoms with Crippen LogP contribution in [0.15, 0.2) is 21.6 Å². The standard InChI is InChI=1S/C10H12O5S/c11-10(12)8-3-4-9(15-8)16(13,14)6-5-7-1-2-7/h3-4,7H,1-2,5-6H2,(H,11,12). The molecule has 2 rings (SSSR count). The fraction of sp³-hybridized carbons (Fsp3) is 0.500. The number of sulfone groups is 1. The highest BCUT2D eigenvalue weighted by molar-refractivity contribution is 7.91. The summed E-state index contributed by atoms with van der Waals surface area (Å²) in [6.07, 6.45) is 2.81. The summed E-state index contributed by atoms with van der Waals surface area (Å²) in [5, 5.41) is 8.36. The second-order valence-electron chi connectivity index (χ2n) is 3.97. The van der Waals surface area contributed by atoms with Crippen LogP contribution in [0.1, 0.15) is 29.8 Å². The zero-order chi connectivity index (χ0) is 11.8. The normalized spacial score (nSPS) is 16.2. The number of carboxylic acids is 1. The molecule has 1 fully saturated rings. The molecule has 16 heavy (non-hydrogen) atoms. The lowest BCUT2D eigenvalue weighted by Gasteiger charge is -1.99. The van der Waals surface area contributed by atoms with E-state index in [-0.39, 0.29) is 16.6 Å². The summed E-state index contributed by atoms with van der Waals surface area (Å²) in [7, 11) is -3.46. The van der Waals surface area contributed by atoms with Crippen LogP contribution in [-0.4, -0.2) is 25.2 Å². The molecular formula is C10H12O5S. The van der Waals surface area contributed by atoms with Crippen molar-refractivity contribution in [3.05, 3.63) is 17.9 Å². The summed E-state index contributed by atoms with van der Waals surface area (Å²) in [5.74, 6) is -1.05. The molecule has 1 saturated carbocycles. The van der Waals surface area contributed by atoms with Gasteiger partial charge in [-0.2, -0.15) is 0 Å². The van der Waals surface area contributed by atoms with Gasteiger partial charge in [-0.25, -0.2) is 13.2 Å². The minimum atomic E-state index is -3.46. The van der Waals surface area contributed by atoms with E-state index in [0.717, 1.165) is 18.9 Å². The minimum absolute atomic E-state index is 0.0320. The van der Waals surface area contributed by atoms with Gasteiger partial charge in [-0.3, -0.25) is 0 Å². The van der Waals surface area contributed by atoms with E-state index in [1.54, 1.807) is 0 Å². The fourth-order valence-corrected chi connectivity index (χ4v) is 2.77. The second-order valence-corrected chi connectivity index (χ2v) is 6.01. The van der Waals surface area contributed by atoms with Crippen LogP contribution in [0.2, 0.25) is 0 Å². The molecule has 6 heteroatoms. The molecule has 0 aliphatic heterocycles. The van der Waals surface area contributed by atoms with Crippen molar-refractivity contribution in [1.82, 2.24) is 0 Å². The predicted octanol–water partition coefficient (Wildman–Crippen LogP) is 1.55. The number of carbonyl (C=O) groups is 1. The van der Waals surface area contributed by atoms with Crippen molar-refractivity contribution in [3.8, 4) is 0 Å². The number of carboxylic acid groups (broad SMARTS) is 1. The first-order valence-corrected chi connectivity index (χ1v) is 6.70. The minimum Gasteiger partial charge on any atom is -0.475 e. The lowest BCUT2D eigenvalue weighted by atomic mass is 10.3. The molecule has 0 radical (unpaired) electrons. The molecule has 1 aliphatic rings. The van der Waals surface area contributed by atoms with Gasteiger partial charge < -0.3 is 9.52 Å². The summed E-state index contributed by atoms with van der Waals surface area (Å²) in [5.41, 5.74) is 0. The van der Waals surface area contributed by atoms with E-state index in [4.69, 9.17) is 9.52 Å². The van der Waals surface area contributed by atoms with Crippen LogP contribution in [0, 0.1) is 5.92 Å². The number of rotatable bonds is 5. The van der Waals surface area contributed by atoms with Gasteiger partial charge >= 0.3 is 5.97 Å². The molecule has 1 aromatic rings. The first kappa shape index (κ1) is 11.2. The van der Waals surface area contributed by atoms with Gasteiger partial charge in [0.15, 0.2) is 0 Å². The van der Waals surface area contributed by atoms with Gasteiger partial charge in [0.1, 0.15) is 0 Å². The number of aromatic carboxylic acids is 1. The molecule has 1 aromatic heterocycles. The monoisotopic (exact) mass is 244 g/mol. The van der Waals surface area contributed by atoms with Gasteiger partial charge in [0.05, 0.1) is 5.75 Å². The van der Waals surface area contributed by atoms with E-state index < -0.39 is 15.8 Å². The van der Waals surface area contributed by atoms with Crippen molar-refractivity contribution in [2.75, 3.05) is 5.75 Å². The Labute approximate surface area is 93.0 Å².